The summed E-state index contributed by atoms with van der Waals surface area (Å²) in [6.45, 7) is 0. The highest BCUT2D eigenvalue weighted by molar-refractivity contribution is 6.29. The first-order valence-electron chi connectivity index (χ1n) is 7.22. The number of halogens is 1. The molecule has 6 nitrogen and oxygen atoms in total. The number of nitrogens with zero attached hydrogens (tertiary/aromatic N) is 3. The fourth-order valence-electron chi connectivity index (χ4n) is 2.34. The van der Waals surface area contributed by atoms with Crippen LogP contribution in [0.25, 0.3) is 10.8 Å². The van der Waals surface area contributed by atoms with E-state index in [0.29, 0.717) is 10.9 Å². The summed E-state index contributed by atoms with van der Waals surface area (Å²) in [6, 6.07) is 11.3. The van der Waals surface area contributed by atoms with Crippen LogP contribution in [0.1, 0.15) is 0 Å². The zero-order valence-corrected chi connectivity index (χ0v) is 13.2. The van der Waals surface area contributed by atoms with Crippen LogP contribution in [0.2, 0.25) is 5.15 Å². The molecule has 1 aromatic carbocycles. The number of H-pyrrole nitrogens is 1. The molecular formula is C17H12ClN5O. The van der Waals surface area contributed by atoms with Gasteiger partial charge in [0.1, 0.15) is 16.7 Å². The third-order valence-electron chi connectivity index (χ3n) is 3.43. The number of nitrogens with one attached hydrogen (secondary N) is 2. The first-order chi connectivity index (χ1) is 11.8. The van der Waals surface area contributed by atoms with Crippen molar-refractivity contribution in [2.24, 2.45) is 0 Å². The van der Waals surface area contributed by atoms with Gasteiger partial charge in [-0.25, -0.2) is 9.97 Å². The van der Waals surface area contributed by atoms with E-state index in [-0.39, 0.29) is 0 Å². The number of rotatable bonds is 4. The predicted molar refractivity (Wildman–Crippen MR) is 92.9 cm³/mol. The molecule has 0 aliphatic carbocycles. The van der Waals surface area contributed by atoms with E-state index in [9.17, 15) is 0 Å². The lowest BCUT2D eigenvalue weighted by atomic mass is 10.1. The lowest BCUT2D eigenvalue weighted by Gasteiger charge is -2.10. The molecule has 3 heterocycles. The van der Waals surface area contributed by atoms with Gasteiger partial charge in [0.2, 0.25) is 0 Å². The minimum absolute atomic E-state index is 0.451. The Kier molecular flexibility index (Phi) is 3.72. The largest absolute Gasteiger partial charge is 0.454 e. The molecule has 0 fully saturated rings. The molecule has 0 radical (unpaired) electrons. The van der Waals surface area contributed by atoms with Crippen LogP contribution in [0.4, 0.5) is 11.5 Å². The zero-order valence-electron chi connectivity index (χ0n) is 12.4. The second kappa shape index (κ2) is 6.17. The van der Waals surface area contributed by atoms with Gasteiger partial charge in [-0.2, -0.15) is 5.10 Å². The number of anilines is 2. The number of aromatic nitrogens is 4. The summed E-state index contributed by atoms with van der Waals surface area (Å²) in [5.74, 6) is 2.13. The van der Waals surface area contributed by atoms with E-state index < -0.39 is 0 Å². The highest BCUT2D eigenvalue weighted by atomic mass is 35.5. The second-order valence-electron chi connectivity index (χ2n) is 5.07. The van der Waals surface area contributed by atoms with Crippen molar-refractivity contribution in [3.63, 3.8) is 0 Å². The molecule has 7 heteroatoms. The monoisotopic (exact) mass is 337 g/mol. The Bertz CT molecular complexity index is 970. The standard InChI is InChI=1S/C17H12ClN5O/c18-16-4-1-12(8-20-16)23-17-15-3-2-13(7-11(15)5-6-19-17)24-14-9-21-22-10-14/h1-10H,(H,19,23)(H,21,22). The smallest absolute Gasteiger partial charge is 0.165 e. The first kappa shape index (κ1) is 14.5. The number of aromatic amines is 1. The summed E-state index contributed by atoms with van der Waals surface area (Å²) < 4.78 is 5.74. The van der Waals surface area contributed by atoms with Crippen LogP contribution in [-0.4, -0.2) is 20.2 Å². The number of pyridine rings is 2. The third-order valence-corrected chi connectivity index (χ3v) is 3.66. The average molecular weight is 338 g/mol. The van der Waals surface area contributed by atoms with Gasteiger partial charge in [0.15, 0.2) is 5.75 Å². The summed E-state index contributed by atoms with van der Waals surface area (Å²) in [4.78, 5) is 8.46. The molecule has 2 N–H and O–H groups in total. The van der Waals surface area contributed by atoms with Crippen LogP contribution in [0.5, 0.6) is 11.5 Å². The number of ether oxygens (including phenoxy) is 1. The van der Waals surface area contributed by atoms with Gasteiger partial charge in [0.25, 0.3) is 0 Å². The van der Waals surface area contributed by atoms with E-state index in [2.05, 4.69) is 25.5 Å². The minimum Gasteiger partial charge on any atom is -0.454 e. The molecular weight excluding hydrogens is 326 g/mol. The summed E-state index contributed by atoms with van der Waals surface area (Å²) in [7, 11) is 0. The molecule has 0 spiro atoms. The molecule has 4 rings (SSSR count). The topological polar surface area (TPSA) is 75.7 Å². The molecule has 0 saturated carbocycles. The van der Waals surface area contributed by atoms with Gasteiger partial charge in [-0.3, -0.25) is 5.10 Å². The van der Waals surface area contributed by atoms with Crippen LogP contribution >= 0.6 is 11.6 Å². The van der Waals surface area contributed by atoms with Gasteiger partial charge in [0.05, 0.1) is 24.3 Å². The van der Waals surface area contributed by atoms with Gasteiger partial charge >= 0.3 is 0 Å². The Labute approximate surface area is 142 Å². The quantitative estimate of drug-likeness (QED) is 0.534. The maximum Gasteiger partial charge on any atom is 0.165 e. The van der Waals surface area contributed by atoms with Crippen molar-refractivity contribution in [2.45, 2.75) is 0 Å². The Morgan fingerprint density at radius 1 is 1.00 bits per heavy atom. The van der Waals surface area contributed by atoms with Crippen molar-refractivity contribution in [1.29, 1.82) is 0 Å². The van der Waals surface area contributed by atoms with E-state index in [4.69, 9.17) is 16.3 Å². The zero-order chi connectivity index (χ0) is 16.4. The summed E-state index contributed by atoms with van der Waals surface area (Å²) in [5, 5.41) is 12.3. The highest BCUT2D eigenvalue weighted by Crippen LogP contribution is 2.29. The molecule has 118 valence electrons. The van der Waals surface area contributed by atoms with Crippen LogP contribution in [0.15, 0.2) is 61.2 Å². The summed E-state index contributed by atoms with van der Waals surface area (Å²) in [6.07, 6.45) is 6.73. The van der Waals surface area contributed by atoms with Gasteiger partial charge in [-0.15, -0.1) is 0 Å². The Morgan fingerprint density at radius 3 is 2.75 bits per heavy atom. The van der Waals surface area contributed by atoms with Crippen molar-refractivity contribution in [1.82, 2.24) is 20.2 Å². The molecule has 0 unspecified atom stereocenters. The van der Waals surface area contributed by atoms with Gasteiger partial charge in [0, 0.05) is 11.6 Å². The van der Waals surface area contributed by atoms with Crippen LogP contribution in [0, 0.1) is 0 Å². The Balaban J connectivity index is 1.65. The lowest BCUT2D eigenvalue weighted by Crippen LogP contribution is -1.95. The number of hydrogen-bond acceptors (Lipinski definition) is 5. The van der Waals surface area contributed by atoms with E-state index in [1.165, 1.54) is 0 Å². The van der Waals surface area contributed by atoms with Crippen LogP contribution in [0.3, 0.4) is 0 Å². The van der Waals surface area contributed by atoms with Crippen LogP contribution < -0.4 is 10.1 Å². The van der Waals surface area contributed by atoms with Gasteiger partial charge < -0.3 is 10.1 Å². The van der Waals surface area contributed by atoms with E-state index in [0.717, 1.165) is 28.0 Å². The lowest BCUT2D eigenvalue weighted by molar-refractivity contribution is 0.484. The Morgan fingerprint density at radius 2 is 1.96 bits per heavy atom. The summed E-state index contributed by atoms with van der Waals surface area (Å²) in [5.41, 5.74) is 0.818. The fraction of sp³-hybridized carbons (Fsp3) is 0. The van der Waals surface area contributed by atoms with Crippen LogP contribution in [-0.2, 0) is 0 Å². The number of benzene rings is 1. The molecule has 0 amide bonds. The Hall–Kier alpha value is -3.12. The van der Waals surface area contributed by atoms with Gasteiger partial charge in [-0.1, -0.05) is 11.6 Å². The van der Waals surface area contributed by atoms with Crippen molar-refractivity contribution < 1.29 is 4.74 Å². The molecule has 4 aromatic rings. The molecule has 0 saturated heterocycles. The first-order valence-corrected chi connectivity index (χ1v) is 7.60. The average Bonchev–Trinajstić information content (AvgIpc) is 3.10. The van der Waals surface area contributed by atoms with E-state index in [1.54, 1.807) is 30.9 Å². The molecule has 24 heavy (non-hydrogen) atoms. The van der Waals surface area contributed by atoms with Gasteiger partial charge in [-0.05, 0) is 41.8 Å². The highest BCUT2D eigenvalue weighted by Gasteiger charge is 2.06. The predicted octanol–water partition coefficient (Wildman–Crippen LogP) is 4.54. The van der Waals surface area contributed by atoms with E-state index in [1.807, 2.05) is 30.3 Å². The number of hydrogen-bond donors (Lipinski definition) is 2. The molecule has 0 aliphatic rings. The summed E-state index contributed by atoms with van der Waals surface area (Å²) >= 11 is 5.81. The maximum absolute atomic E-state index is 5.81. The maximum atomic E-state index is 5.81. The van der Waals surface area contributed by atoms with Crippen molar-refractivity contribution >= 4 is 33.9 Å². The third kappa shape index (κ3) is 3.00. The van der Waals surface area contributed by atoms with Crippen molar-refractivity contribution in [3.8, 4) is 11.5 Å². The van der Waals surface area contributed by atoms with Crippen molar-refractivity contribution in [2.75, 3.05) is 5.32 Å². The fourth-order valence-corrected chi connectivity index (χ4v) is 2.45. The van der Waals surface area contributed by atoms with Crippen molar-refractivity contribution in [3.05, 3.63) is 66.3 Å². The molecule has 0 bridgehead atoms. The second-order valence-corrected chi connectivity index (χ2v) is 5.46. The molecule has 3 aromatic heterocycles. The molecule has 0 atom stereocenters. The molecule has 0 aliphatic heterocycles. The van der Waals surface area contributed by atoms with E-state index >= 15 is 0 Å². The normalized spacial score (nSPS) is 10.7. The minimum atomic E-state index is 0.451. The SMILES string of the molecule is Clc1ccc(Nc2nccc3cc(Oc4cn[nH]c4)ccc23)cn1. The number of fused-ring (bicyclic) bond motifs is 1.